The summed E-state index contributed by atoms with van der Waals surface area (Å²) in [4.78, 5) is 20.5. The van der Waals surface area contributed by atoms with Crippen molar-refractivity contribution in [1.29, 1.82) is 0 Å². The summed E-state index contributed by atoms with van der Waals surface area (Å²) >= 11 is 0. The lowest BCUT2D eigenvalue weighted by atomic mass is 9.97. The summed E-state index contributed by atoms with van der Waals surface area (Å²) in [5, 5.41) is 11.2. The number of hydrogen-bond acceptors (Lipinski definition) is 5. The van der Waals surface area contributed by atoms with E-state index in [9.17, 15) is 23.1 Å². The van der Waals surface area contributed by atoms with E-state index in [2.05, 4.69) is 9.97 Å². The van der Waals surface area contributed by atoms with Crippen LogP contribution in [0.2, 0.25) is 0 Å². The van der Waals surface area contributed by atoms with Crippen LogP contribution in [0.15, 0.2) is 54.6 Å². The van der Waals surface area contributed by atoms with E-state index in [1.54, 1.807) is 24.3 Å². The highest BCUT2D eigenvalue weighted by atomic mass is 19.4. The quantitative estimate of drug-likeness (QED) is 0.338. The Kier molecular flexibility index (Phi) is 8.65. The van der Waals surface area contributed by atoms with Gasteiger partial charge in [-0.3, -0.25) is 4.79 Å². The predicted molar refractivity (Wildman–Crippen MR) is 124 cm³/mol. The fraction of sp³-hybridized carbons (Fsp3) is 0.417. The standard InChI is InChI=1S/C24H30F3N5O2/c25-24(26,27)23(34)32(15-17(29)9-6-14-28)20(13-12-16-7-2-1-3-8-16)21(33)22-30-18-10-4-5-11-19(18)31-22/h1-5,7-8,10-11,17,20-21,33H,6,9,12-15,28-29H2,(H,30,31)/t17-,20-,21?/m1/s1. The van der Waals surface area contributed by atoms with Crippen LogP contribution in [0, 0.1) is 0 Å². The number of aliphatic hydroxyl groups excluding tert-OH is 1. The third kappa shape index (κ3) is 6.55. The van der Waals surface area contributed by atoms with Gasteiger partial charge in [0.05, 0.1) is 17.1 Å². The first-order chi connectivity index (χ1) is 16.2. The van der Waals surface area contributed by atoms with Gasteiger partial charge in [0.15, 0.2) is 0 Å². The minimum Gasteiger partial charge on any atom is -0.383 e. The number of para-hydroxylation sites is 2. The lowest BCUT2D eigenvalue weighted by Gasteiger charge is -2.36. The Morgan fingerprint density at radius 2 is 1.76 bits per heavy atom. The van der Waals surface area contributed by atoms with E-state index >= 15 is 0 Å². The third-order valence-corrected chi connectivity index (χ3v) is 5.74. The number of imidazole rings is 1. The average molecular weight is 478 g/mol. The van der Waals surface area contributed by atoms with Gasteiger partial charge in [0.2, 0.25) is 0 Å². The number of carbonyl (C=O) groups excluding carboxylic acids is 1. The van der Waals surface area contributed by atoms with Gasteiger partial charge in [-0.05, 0) is 49.9 Å². The van der Waals surface area contributed by atoms with Crippen LogP contribution in [0.1, 0.15) is 36.8 Å². The van der Waals surface area contributed by atoms with Crippen molar-refractivity contribution < 1.29 is 23.1 Å². The van der Waals surface area contributed by atoms with Crippen LogP contribution in [-0.2, 0) is 11.2 Å². The summed E-state index contributed by atoms with van der Waals surface area (Å²) in [6, 6.07) is 14.2. The summed E-state index contributed by atoms with van der Waals surface area (Å²) in [6.07, 6.45) is -5.31. The first-order valence-electron chi connectivity index (χ1n) is 11.2. The topological polar surface area (TPSA) is 121 Å². The molecule has 10 heteroatoms. The van der Waals surface area contributed by atoms with Crippen LogP contribution >= 0.6 is 0 Å². The maximum atomic E-state index is 13.6. The Hall–Kier alpha value is -2.95. The molecule has 1 unspecified atom stereocenters. The van der Waals surface area contributed by atoms with Crippen molar-refractivity contribution in [3.8, 4) is 0 Å². The molecular weight excluding hydrogens is 447 g/mol. The fourth-order valence-electron chi connectivity index (χ4n) is 3.99. The van der Waals surface area contributed by atoms with Crippen LogP contribution in [-0.4, -0.2) is 57.2 Å². The van der Waals surface area contributed by atoms with Gasteiger partial charge in [-0.15, -0.1) is 0 Å². The maximum Gasteiger partial charge on any atom is 0.471 e. The van der Waals surface area contributed by atoms with E-state index in [0.29, 0.717) is 41.7 Å². The summed E-state index contributed by atoms with van der Waals surface area (Å²) in [7, 11) is 0. The number of halogens is 3. The largest absolute Gasteiger partial charge is 0.471 e. The van der Waals surface area contributed by atoms with Gasteiger partial charge in [-0.1, -0.05) is 42.5 Å². The number of alkyl halides is 3. The maximum absolute atomic E-state index is 13.6. The van der Waals surface area contributed by atoms with Gasteiger partial charge in [0.1, 0.15) is 11.9 Å². The number of benzene rings is 2. The van der Waals surface area contributed by atoms with E-state index in [1.165, 1.54) is 0 Å². The number of nitrogens with one attached hydrogen (secondary N) is 1. The number of amides is 1. The lowest BCUT2D eigenvalue weighted by Crippen LogP contribution is -2.53. The van der Waals surface area contributed by atoms with E-state index < -0.39 is 30.3 Å². The molecule has 7 nitrogen and oxygen atoms in total. The number of aliphatic hydroxyl groups is 1. The number of nitrogens with zero attached hydrogens (tertiary/aromatic N) is 2. The molecule has 0 saturated heterocycles. The van der Waals surface area contributed by atoms with Crippen molar-refractivity contribution in [1.82, 2.24) is 14.9 Å². The average Bonchev–Trinajstić information content (AvgIpc) is 3.26. The van der Waals surface area contributed by atoms with E-state index in [4.69, 9.17) is 11.5 Å². The molecule has 1 heterocycles. The summed E-state index contributed by atoms with van der Waals surface area (Å²) in [6.45, 7) is -0.0327. The Morgan fingerprint density at radius 1 is 1.09 bits per heavy atom. The normalized spacial score (nSPS) is 14.6. The molecule has 0 aliphatic heterocycles. The second-order valence-corrected chi connectivity index (χ2v) is 8.32. The van der Waals surface area contributed by atoms with E-state index in [1.807, 2.05) is 30.3 Å². The van der Waals surface area contributed by atoms with Gasteiger partial charge < -0.3 is 26.5 Å². The molecule has 0 radical (unpaired) electrons. The molecule has 0 fully saturated rings. The molecule has 34 heavy (non-hydrogen) atoms. The van der Waals surface area contributed by atoms with Crippen molar-refractivity contribution in [2.24, 2.45) is 11.5 Å². The highest BCUT2D eigenvalue weighted by Gasteiger charge is 2.46. The molecule has 0 bridgehead atoms. The van der Waals surface area contributed by atoms with Crippen LogP contribution < -0.4 is 11.5 Å². The Bertz CT molecular complexity index is 1020. The lowest BCUT2D eigenvalue weighted by molar-refractivity contribution is -0.190. The number of hydrogen-bond donors (Lipinski definition) is 4. The Balaban J connectivity index is 1.96. The van der Waals surface area contributed by atoms with Crippen LogP contribution in [0.3, 0.4) is 0 Å². The fourth-order valence-corrected chi connectivity index (χ4v) is 3.99. The number of aromatic amines is 1. The molecule has 3 rings (SSSR count). The second-order valence-electron chi connectivity index (χ2n) is 8.32. The summed E-state index contributed by atoms with van der Waals surface area (Å²) in [5.41, 5.74) is 13.6. The number of rotatable bonds is 11. The molecule has 3 aromatic rings. The van der Waals surface area contributed by atoms with Crippen molar-refractivity contribution in [3.63, 3.8) is 0 Å². The van der Waals surface area contributed by atoms with Crippen molar-refractivity contribution in [3.05, 3.63) is 66.0 Å². The van der Waals surface area contributed by atoms with Crippen molar-refractivity contribution in [2.45, 2.75) is 50.0 Å². The zero-order valence-corrected chi connectivity index (χ0v) is 18.7. The van der Waals surface area contributed by atoms with Gasteiger partial charge in [-0.2, -0.15) is 13.2 Å². The van der Waals surface area contributed by atoms with Gasteiger partial charge in [0, 0.05) is 12.6 Å². The molecule has 0 spiro atoms. The first kappa shape index (κ1) is 25.7. The number of nitrogens with two attached hydrogens (primary N) is 2. The molecule has 6 N–H and O–H groups in total. The zero-order valence-electron chi connectivity index (χ0n) is 18.7. The molecular formula is C24H30F3N5O2. The molecule has 184 valence electrons. The third-order valence-electron chi connectivity index (χ3n) is 5.74. The van der Waals surface area contributed by atoms with Crippen molar-refractivity contribution >= 4 is 16.9 Å². The molecule has 1 aromatic heterocycles. The smallest absolute Gasteiger partial charge is 0.383 e. The van der Waals surface area contributed by atoms with E-state index in [-0.39, 0.29) is 18.8 Å². The van der Waals surface area contributed by atoms with E-state index in [0.717, 1.165) is 5.56 Å². The van der Waals surface area contributed by atoms with Gasteiger partial charge >= 0.3 is 12.1 Å². The van der Waals surface area contributed by atoms with Crippen molar-refractivity contribution in [2.75, 3.05) is 13.1 Å². The van der Waals surface area contributed by atoms with Crippen LogP contribution in [0.5, 0.6) is 0 Å². The molecule has 0 saturated carbocycles. The Morgan fingerprint density at radius 3 is 2.41 bits per heavy atom. The van der Waals surface area contributed by atoms with Gasteiger partial charge in [-0.25, -0.2) is 4.98 Å². The number of carbonyl (C=O) groups is 1. The monoisotopic (exact) mass is 477 g/mol. The van der Waals surface area contributed by atoms with Crippen LogP contribution in [0.4, 0.5) is 13.2 Å². The number of fused-ring (bicyclic) bond motifs is 1. The summed E-state index contributed by atoms with van der Waals surface area (Å²) < 4.78 is 40.8. The number of aromatic nitrogens is 2. The zero-order chi connectivity index (χ0) is 24.7. The molecule has 3 atom stereocenters. The first-order valence-corrected chi connectivity index (χ1v) is 11.2. The molecule has 2 aromatic carbocycles. The molecule has 1 amide bonds. The molecule has 0 aliphatic rings. The summed E-state index contributed by atoms with van der Waals surface area (Å²) in [5.74, 6) is -1.95. The van der Waals surface area contributed by atoms with Crippen LogP contribution in [0.25, 0.3) is 11.0 Å². The second kappa shape index (κ2) is 11.5. The molecule has 0 aliphatic carbocycles. The predicted octanol–water partition coefficient (Wildman–Crippen LogP) is 3.05. The number of aryl methyl sites for hydroxylation is 1. The number of H-pyrrole nitrogens is 1. The Labute approximate surface area is 196 Å². The highest BCUT2D eigenvalue weighted by Crippen LogP contribution is 2.29. The highest BCUT2D eigenvalue weighted by molar-refractivity contribution is 5.82. The van der Waals surface area contributed by atoms with Gasteiger partial charge in [0.25, 0.3) is 0 Å². The SMILES string of the molecule is NCCC[C@@H](N)CN(C(=O)C(F)(F)F)[C@H](CCc1ccccc1)C(O)c1nc2ccccc2[nH]1. The minimum atomic E-state index is -5.12. The minimum absolute atomic E-state index is 0.0770.